The van der Waals surface area contributed by atoms with Crippen molar-refractivity contribution in [2.24, 2.45) is 0 Å². The van der Waals surface area contributed by atoms with Crippen LogP contribution in [-0.4, -0.2) is 33.2 Å². The lowest BCUT2D eigenvalue weighted by Crippen LogP contribution is -2.24. The van der Waals surface area contributed by atoms with Gasteiger partial charge in [-0.2, -0.15) is 9.61 Å². The second-order valence-corrected chi connectivity index (χ2v) is 9.28. The number of fused-ring (bicyclic) bond motifs is 3. The van der Waals surface area contributed by atoms with E-state index in [1.807, 2.05) is 43.3 Å². The van der Waals surface area contributed by atoms with E-state index in [2.05, 4.69) is 19.9 Å². The summed E-state index contributed by atoms with van der Waals surface area (Å²) in [6, 6.07) is 16.7. The number of benzene rings is 2. The summed E-state index contributed by atoms with van der Waals surface area (Å²) in [4.78, 5) is 4.24. The third-order valence-electron chi connectivity index (χ3n) is 5.36. The number of rotatable bonds is 5. The highest BCUT2D eigenvalue weighted by Crippen LogP contribution is 2.31. The lowest BCUT2D eigenvalue weighted by Gasteiger charge is -2.13. The van der Waals surface area contributed by atoms with Gasteiger partial charge in [-0.05, 0) is 37.1 Å². The van der Waals surface area contributed by atoms with Gasteiger partial charge in [-0.3, -0.25) is 4.98 Å². The molecule has 32 heavy (non-hydrogen) atoms. The molecule has 0 unspecified atom stereocenters. The number of sulfonamides is 1. The minimum atomic E-state index is -3.75. The predicted molar refractivity (Wildman–Crippen MR) is 121 cm³/mol. The van der Waals surface area contributed by atoms with E-state index in [1.165, 1.54) is 0 Å². The lowest BCUT2D eigenvalue weighted by molar-refractivity contribution is 0.580. The summed E-state index contributed by atoms with van der Waals surface area (Å²) in [6.07, 6.45) is 3.29. The number of aromatic nitrogens is 5. The van der Waals surface area contributed by atoms with Crippen LogP contribution >= 0.6 is 0 Å². The van der Waals surface area contributed by atoms with Gasteiger partial charge < -0.3 is 0 Å². The van der Waals surface area contributed by atoms with Gasteiger partial charge in [0, 0.05) is 35.3 Å². The van der Waals surface area contributed by atoms with Crippen LogP contribution in [-0.2, 0) is 16.6 Å². The Morgan fingerprint density at radius 1 is 0.969 bits per heavy atom. The molecule has 3 aromatic heterocycles. The van der Waals surface area contributed by atoms with Crippen molar-refractivity contribution in [1.29, 1.82) is 0 Å². The van der Waals surface area contributed by atoms with Gasteiger partial charge in [0.25, 0.3) is 0 Å². The SMILES string of the molecule is Cc1ccc(-c2nn3c(C)nnc3c3ccccc23)cc1S(=O)(=O)NCc1cccnc1. The normalized spacial score (nSPS) is 11.9. The van der Waals surface area contributed by atoms with Crippen molar-refractivity contribution in [2.75, 3.05) is 0 Å². The maximum absolute atomic E-state index is 13.1. The highest BCUT2D eigenvalue weighted by Gasteiger charge is 2.20. The van der Waals surface area contributed by atoms with Crippen LogP contribution in [0.4, 0.5) is 0 Å². The maximum atomic E-state index is 13.1. The molecule has 0 spiro atoms. The molecule has 5 rings (SSSR count). The van der Waals surface area contributed by atoms with Gasteiger partial charge in [-0.25, -0.2) is 13.1 Å². The van der Waals surface area contributed by atoms with E-state index >= 15 is 0 Å². The van der Waals surface area contributed by atoms with Crippen molar-refractivity contribution in [3.63, 3.8) is 0 Å². The number of aryl methyl sites for hydroxylation is 2. The number of pyridine rings is 1. The fraction of sp³-hybridized carbons (Fsp3) is 0.130. The molecular formula is C23H20N6O2S. The molecule has 0 aliphatic rings. The molecule has 9 heteroatoms. The van der Waals surface area contributed by atoms with Crippen LogP contribution in [0, 0.1) is 13.8 Å². The summed E-state index contributed by atoms with van der Waals surface area (Å²) in [5, 5.41) is 14.9. The highest BCUT2D eigenvalue weighted by molar-refractivity contribution is 7.89. The minimum Gasteiger partial charge on any atom is -0.264 e. The Hall–Kier alpha value is -3.69. The van der Waals surface area contributed by atoms with Gasteiger partial charge in [0.1, 0.15) is 0 Å². The second-order valence-electron chi connectivity index (χ2n) is 7.54. The molecule has 160 valence electrons. The smallest absolute Gasteiger partial charge is 0.241 e. The van der Waals surface area contributed by atoms with E-state index < -0.39 is 10.0 Å². The fourth-order valence-electron chi connectivity index (χ4n) is 3.69. The summed E-state index contributed by atoms with van der Waals surface area (Å²) in [7, 11) is -3.75. The van der Waals surface area contributed by atoms with Gasteiger partial charge in [0.15, 0.2) is 11.5 Å². The first-order valence-electron chi connectivity index (χ1n) is 10.0. The van der Waals surface area contributed by atoms with Crippen LogP contribution < -0.4 is 4.72 Å². The van der Waals surface area contributed by atoms with E-state index in [9.17, 15) is 8.42 Å². The topological polar surface area (TPSA) is 102 Å². The Bertz CT molecular complexity index is 1560. The quantitative estimate of drug-likeness (QED) is 0.446. The molecule has 0 saturated carbocycles. The summed E-state index contributed by atoms with van der Waals surface area (Å²) in [5.41, 5.74) is 3.47. The average Bonchev–Trinajstić information content (AvgIpc) is 3.19. The molecule has 5 aromatic rings. The first-order chi connectivity index (χ1) is 15.4. The maximum Gasteiger partial charge on any atom is 0.241 e. The van der Waals surface area contributed by atoms with Gasteiger partial charge in [0.2, 0.25) is 10.0 Å². The molecular weight excluding hydrogens is 424 g/mol. The van der Waals surface area contributed by atoms with Gasteiger partial charge >= 0.3 is 0 Å². The third kappa shape index (κ3) is 3.51. The second kappa shape index (κ2) is 7.77. The molecule has 0 saturated heterocycles. The van der Waals surface area contributed by atoms with Crippen LogP contribution in [0.2, 0.25) is 0 Å². The standard InChI is InChI=1S/C23H20N6O2S/c1-15-9-10-18(12-21(15)32(30,31)25-14-17-6-5-11-24-13-17)22-19-7-3-4-8-20(19)23-27-26-16(2)29(23)28-22/h3-13,25H,14H2,1-2H3. The zero-order valence-corrected chi connectivity index (χ0v) is 18.3. The molecule has 0 amide bonds. The first-order valence-corrected chi connectivity index (χ1v) is 11.5. The van der Waals surface area contributed by atoms with Crippen molar-refractivity contribution >= 4 is 26.4 Å². The molecule has 0 radical (unpaired) electrons. The number of hydrogen-bond acceptors (Lipinski definition) is 6. The third-order valence-corrected chi connectivity index (χ3v) is 6.90. The molecule has 1 N–H and O–H groups in total. The largest absolute Gasteiger partial charge is 0.264 e. The van der Waals surface area contributed by atoms with Crippen molar-refractivity contribution < 1.29 is 8.42 Å². The summed E-state index contributed by atoms with van der Waals surface area (Å²) >= 11 is 0. The van der Waals surface area contributed by atoms with E-state index in [0.717, 1.165) is 16.3 Å². The fourth-order valence-corrected chi connectivity index (χ4v) is 4.98. The van der Waals surface area contributed by atoms with Crippen LogP contribution in [0.5, 0.6) is 0 Å². The Morgan fingerprint density at radius 3 is 2.56 bits per heavy atom. The molecule has 0 aliphatic heterocycles. The van der Waals surface area contributed by atoms with Crippen molar-refractivity contribution in [3.05, 3.63) is 83.9 Å². The molecule has 8 nitrogen and oxygen atoms in total. The van der Waals surface area contributed by atoms with E-state index in [0.29, 0.717) is 28.3 Å². The zero-order chi connectivity index (χ0) is 22.3. The molecule has 0 fully saturated rings. The van der Waals surface area contributed by atoms with E-state index in [1.54, 1.807) is 42.0 Å². The van der Waals surface area contributed by atoms with Crippen molar-refractivity contribution in [1.82, 2.24) is 29.5 Å². The van der Waals surface area contributed by atoms with Crippen LogP contribution in [0.3, 0.4) is 0 Å². The summed E-state index contributed by atoms with van der Waals surface area (Å²) in [6.45, 7) is 3.77. The monoisotopic (exact) mass is 444 g/mol. The lowest BCUT2D eigenvalue weighted by atomic mass is 10.0. The highest BCUT2D eigenvalue weighted by atomic mass is 32.2. The van der Waals surface area contributed by atoms with E-state index in [-0.39, 0.29) is 11.4 Å². The molecule has 0 aliphatic carbocycles. The van der Waals surface area contributed by atoms with Crippen LogP contribution in [0.15, 0.2) is 71.9 Å². The van der Waals surface area contributed by atoms with Crippen molar-refractivity contribution in [3.8, 4) is 11.3 Å². The Labute approximate surface area is 185 Å². The summed E-state index contributed by atoms with van der Waals surface area (Å²) in [5.74, 6) is 0.657. The predicted octanol–water partition coefficient (Wildman–Crippen LogP) is 3.43. The molecule has 2 aromatic carbocycles. The number of nitrogens with one attached hydrogen (secondary N) is 1. The Kier molecular flexibility index (Phi) is 4.91. The molecule has 3 heterocycles. The molecule has 0 atom stereocenters. The van der Waals surface area contributed by atoms with Crippen LogP contribution in [0.1, 0.15) is 17.0 Å². The van der Waals surface area contributed by atoms with Crippen LogP contribution in [0.25, 0.3) is 27.7 Å². The average molecular weight is 445 g/mol. The first kappa shape index (κ1) is 20.2. The number of hydrogen-bond donors (Lipinski definition) is 1. The summed E-state index contributed by atoms with van der Waals surface area (Å²) < 4.78 is 30.6. The molecule has 0 bridgehead atoms. The number of nitrogens with zero attached hydrogens (tertiary/aromatic N) is 5. The van der Waals surface area contributed by atoms with Gasteiger partial charge in [0.05, 0.1) is 10.6 Å². The Balaban J connectivity index is 1.62. The van der Waals surface area contributed by atoms with Gasteiger partial charge in [-0.15, -0.1) is 10.2 Å². The van der Waals surface area contributed by atoms with Gasteiger partial charge in [-0.1, -0.05) is 42.5 Å². The zero-order valence-electron chi connectivity index (χ0n) is 17.5. The van der Waals surface area contributed by atoms with E-state index in [4.69, 9.17) is 5.10 Å². The van der Waals surface area contributed by atoms with Crippen molar-refractivity contribution in [2.45, 2.75) is 25.3 Å². The Morgan fingerprint density at radius 2 is 1.78 bits per heavy atom. The minimum absolute atomic E-state index is 0.160.